The van der Waals surface area contributed by atoms with Crippen LogP contribution in [0.2, 0.25) is 0 Å². The molecular formula is C15H17N5O. The molecule has 0 amide bonds. The molecule has 0 bridgehead atoms. The Kier molecular flexibility index (Phi) is 2.77. The van der Waals surface area contributed by atoms with E-state index in [-0.39, 0.29) is 11.6 Å². The highest BCUT2D eigenvalue weighted by atomic mass is 16.1. The van der Waals surface area contributed by atoms with E-state index in [2.05, 4.69) is 22.2 Å². The maximum Gasteiger partial charge on any atom is 0.280 e. The maximum atomic E-state index is 12.8. The number of aromatic nitrogens is 5. The van der Waals surface area contributed by atoms with E-state index in [1.54, 1.807) is 16.8 Å². The Bertz CT molecular complexity index is 865. The Morgan fingerprint density at radius 3 is 2.90 bits per heavy atom. The molecule has 0 spiro atoms. The van der Waals surface area contributed by atoms with Crippen LogP contribution in [-0.2, 0) is 0 Å². The molecule has 0 radical (unpaired) electrons. The summed E-state index contributed by atoms with van der Waals surface area (Å²) in [5.41, 5.74) is 1.71. The first-order valence-corrected chi connectivity index (χ1v) is 7.47. The van der Waals surface area contributed by atoms with Gasteiger partial charge in [0.2, 0.25) is 0 Å². The highest BCUT2D eigenvalue weighted by molar-refractivity contribution is 5.74. The Balaban J connectivity index is 1.93. The third-order valence-corrected chi connectivity index (χ3v) is 4.60. The van der Waals surface area contributed by atoms with Crippen molar-refractivity contribution < 1.29 is 0 Å². The monoisotopic (exact) mass is 283 g/mol. The zero-order valence-electron chi connectivity index (χ0n) is 11.9. The van der Waals surface area contributed by atoms with Crippen LogP contribution in [0, 0.1) is 5.92 Å². The van der Waals surface area contributed by atoms with Gasteiger partial charge in [0.25, 0.3) is 5.56 Å². The van der Waals surface area contributed by atoms with Gasteiger partial charge in [0.05, 0.1) is 6.20 Å². The van der Waals surface area contributed by atoms with E-state index in [0.717, 1.165) is 11.9 Å². The average molecular weight is 283 g/mol. The molecule has 1 aliphatic carbocycles. The van der Waals surface area contributed by atoms with Crippen LogP contribution >= 0.6 is 0 Å². The molecule has 0 N–H and O–H groups in total. The summed E-state index contributed by atoms with van der Waals surface area (Å²) >= 11 is 0. The van der Waals surface area contributed by atoms with E-state index in [1.165, 1.54) is 19.3 Å². The van der Waals surface area contributed by atoms with E-state index in [9.17, 15) is 4.79 Å². The quantitative estimate of drug-likeness (QED) is 0.686. The molecule has 3 heterocycles. The van der Waals surface area contributed by atoms with Crippen molar-refractivity contribution in [3.05, 3.63) is 34.9 Å². The molecule has 4 rings (SSSR count). The normalized spacial score (nSPS) is 22.9. The van der Waals surface area contributed by atoms with Crippen molar-refractivity contribution in [1.29, 1.82) is 0 Å². The van der Waals surface area contributed by atoms with Crippen molar-refractivity contribution >= 4 is 16.7 Å². The van der Waals surface area contributed by atoms with Gasteiger partial charge in [0, 0.05) is 18.3 Å². The van der Waals surface area contributed by atoms with Gasteiger partial charge >= 0.3 is 0 Å². The van der Waals surface area contributed by atoms with Gasteiger partial charge in [-0.25, -0.2) is 4.52 Å². The van der Waals surface area contributed by atoms with Gasteiger partial charge < -0.3 is 4.57 Å². The molecule has 108 valence electrons. The number of hydrogen-bond acceptors (Lipinski definition) is 4. The standard InChI is InChI=1S/C15H17N5O/c1-10-4-2-3-5-11(10)19-9-7-12-14(15(19)21)18-17-13-6-8-16-20(12)13/h6-11H,2-5H2,1H3/t10-,11+/m0/s1. The summed E-state index contributed by atoms with van der Waals surface area (Å²) in [7, 11) is 0. The molecule has 21 heavy (non-hydrogen) atoms. The fourth-order valence-electron chi connectivity index (χ4n) is 3.42. The number of rotatable bonds is 1. The van der Waals surface area contributed by atoms with Crippen LogP contribution in [-0.4, -0.2) is 24.4 Å². The molecule has 2 atom stereocenters. The van der Waals surface area contributed by atoms with Gasteiger partial charge in [-0.3, -0.25) is 4.79 Å². The lowest BCUT2D eigenvalue weighted by atomic mass is 9.85. The Morgan fingerprint density at radius 2 is 2.05 bits per heavy atom. The van der Waals surface area contributed by atoms with Gasteiger partial charge in [-0.2, -0.15) is 5.10 Å². The average Bonchev–Trinajstić information content (AvgIpc) is 2.97. The fraction of sp³-hybridized carbons (Fsp3) is 0.467. The molecule has 1 saturated carbocycles. The van der Waals surface area contributed by atoms with Gasteiger partial charge in [0.1, 0.15) is 5.52 Å². The summed E-state index contributed by atoms with van der Waals surface area (Å²) in [6.45, 7) is 2.23. The SMILES string of the molecule is C[C@H]1CCCC[C@H]1n1ccc2c(nnc3ccnn32)c1=O. The van der Waals surface area contributed by atoms with Crippen molar-refractivity contribution in [2.24, 2.45) is 5.92 Å². The second kappa shape index (κ2) is 4.65. The smallest absolute Gasteiger partial charge is 0.280 e. The van der Waals surface area contributed by atoms with E-state index >= 15 is 0 Å². The minimum atomic E-state index is -0.0591. The third-order valence-electron chi connectivity index (χ3n) is 4.60. The lowest BCUT2D eigenvalue weighted by Crippen LogP contribution is -2.31. The Morgan fingerprint density at radius 1 is 1.19 bits per heavy atom. The van der Waals surface area contributed by atoms with Gasteiger partial charge in [-0.1, -0.05) is 19.8 Å². The molecule has 1 aliphatic rings. The molecule has 0 unspecified atom stereocenters. The summed E-state index contributed by atoms with van der Waals surface area (Å²) in [5, 5.41) is 12.4. The van der Waals surface area contributed by atoms with Gasteiger partial charge in [0.15, 0.2) is 11.2 Å². The summed E-state index contributed by atoms with van der Waals surface area (Å²) in [6, 6.07) is 3.97. The minimum Gasteiger partial charge on any atom is -0.310 e. The van der Waals surface area contributed by atoms with E-state index in [4.69, 9.17) is 0 Å². The summed E-state index contributed by atoms with van der Waals surface area (Å²) < 4.78 is 3.51. The first-order chi connectivity index (χ1) is 10.3. The van der Waals surface area contributed by atoms with Crippen LogP contribution in [0.3, 0.4) is 0 Å². The predicted molar refractivity (Wildman–Crippen MR) is 79.2 cm³/mol. The molecule has 0 aliphatic heterocycles. The molecule has 0 aromatic carbocycles. The summed E-state index contributed by atoms with van der Waals surface area (Å²) in [4.78, 5) is 12.8. The highest BCUT2D eigenvalue weighted by Gasteiger charge is 2.24. The number of fused-ring (bicyclic) bond motifs is 3. The first kappa shape index (κ1) is 12.5. The molecule has 3 aromatic rings. The topological polar surface area (TPSA) is 65.1 Å². The van der Waals surface area contributed by atoms with Crippen molar-refractivity contribution in [2.45, 2.75) is 38.6 Å². The lowest BCUT2D eigenvalue weighted by molar-refractivity contribution is 0.253. The van der Waals surface area contributed by atoms with Crippen LogP contribution in [0.5, 0.6) is 0 Å². The number of pyridine rings is 1. The third kappa shape index (κ3) is 1.86. The van der Waals surface area contributed by atoms with Crippen LogP contribution in [0.25, 0.3) is 16.7 Å². The zero-order valence-corrected chi connectivity index (χ0v) is 11.9. The predicted octanol–water partition coefficient (Wildman–Crippen LogP) is 2.19. The molecule has 0 saturated heterocycles. The lowest BCUT2D eigenvalue weighted by Gasteiger charge is -2.30. The highest BCUT2D eigenvalue weighted by Crippen LogP contribution is 2.32. The summed E-state index contributed by atoms with van der Waals surface area (Å²) in [5.74, 6) is 0.523. The first-order valence-electron chi connectivity index (χ1n) is 7.47. The molecular weight excluding hydrogens is 266 g/mol. The Hall–Kier alpha value is -2.24. The van der Waals surface area contributed by atoms with Crippen molar-refractivity contribution in [3.8, 4) is 0 Å². The van der Waals surface area contributed by atoms with Crippen molar-refractivity contribution in [2.75, 3.05) is 0 Å². The van der Waals surface area contributed by atoms with Crippen LogP contribution in [0.15, 0.2) is 29.3 Å². The fourth-order valence-corrected chi connectivity index (χ4v) is 3.42. The minimum absolute atomic E-state index is 0.0591. The van der Waals surface area contributed by atoms with E-state index in [0.29, 0.717) is 17.1 Å². The Labute approximate surface area is 121 Å². The van der Waals surface area contributed by atoms with Crippen LogP contribution < -0.4 is 5.56 Å². The second-order valence-corrected chi connectivity index (χ2v) is 5.89. The van der Waals surface area contributed by atoms with Crippen LogP contribution in [0.4, 0.5) is 0 Å². The van der Waals surface area contributed by atoms with E-state index in [1.807, 2.05) is 16.8 Å². The maximum absolute atomic E-state index is 12.8. The van der Waals surface area contributed by atoms with Gasteiger partial charge in [-0.15, -0.1) is 10.2 Å². The summed E-state index contributed by atoms with van der Waals surface area (Å²) in [6.07, 6.45) is 8.23. The zero-order chi connectivity index (χ0) is 14.4. The molecule has 6 nitrogen and oxygen atoms in total. The number of hydrogen-bond donors (Lipinski definition) is 0. The molecule has 3 aromatic heterocycles. The number of nitrogens with zero attached hydrogens (tertiary/aromatic N) is 5. The van der Waals surface area contributed by atoms with E-state index < -0.39 is 0 Å². The molecule has 1 fully saturated rings. The van der Waals surface area contributed by atoms with Crippen molar-refractivity contribution in [3.63, 3.8) is 0 Å². The second-order valence-electron chi connectivity index (χ2n) is 5.89. The largest absolute Gasteiger partial charge is 0.310 e. The van der Waals surface area contributed by atoms with Crippen molar-refractivity contribution in [1.82, 2.24) is 24.4 Å². The van der Waals surface area contributed by atoms with Gasteiger partial charge in [-0.05, 0) is 24.8 Å². The molecule has 6 heteroatoms. The van der Waals surface area contributed by atoms with Crippen LogP contribution in [0.1, 0.15) is 38.6 Å².